The SMILES string of the molecule is CC(C)C(=O)Cn1cc(F)c2ncc(-c3cc(F)c(F)c(F)c3)cc21. The van der Waals surface area contributed by atoms with Crippen molar-refractivity contribution >= 4 is 16.8 Å². The van der Waals surface area contributed by atoms with Gasteiger partial charge in [0.15, 0.2) is 29.1 Å². The smallest absolute Gasteiger partial charge is 0.194 e. The van der Waals surface area contributed by atoms with Crippen LogP contribution >= 0.6 is 0 Å². The number of aromatic nitrogens is 2. The van der Waals surface area contributed by atoms with Crippen LogP contribution in [0.4, 0.5) is 17.6 Å². The zero-order valence-corrected chi connectivity index (χ0v) is 13.5. The molecule has 0 saturated carbocycles. The lowest BCUT2D eigenvalue weighted by Crippen LogP contribution is -2.14. The number of hydrogen-bond donors (Lipinski definition) is 0. The first-order valence-electron chi connectivity index (χ1n) is 7.60. The molecular weight excluding hydrogens is 336 g/mol. The molecule has 3 nitrogen and oxygen atoms in total. The van der Waals surface area contributed by atoms with E-state index in [-0.39, 0.29) is 34.9 Å². The molecule has 3 rings (SSSR count). The van der Waals surface area contributed by atoms with E-state index in [1.54, 1.807) is 13.8 Å². The van der Waals surface area contributed by atoms with Crippen molar-refractivity contribution in [1.29, 1.82) is 0 Å². The Morgan fingerprint density at radius 3 is 2.28 bits per heavy atom. The van der Waals surface area contributed by atoms with E-state index in [0.29, 0.717) is 5.52 Å². The summed E-state index contributed by atoms with van der Waals surface area (Å²) in [4.78, 5) is 15.9. The molecular formula is C18H14F4N2O. The molecule has 0 saturated heterocycles. The second-order valence-electron chi connectivity index (χ2n) is 6.07. The second kappa shape index (κ2) is 6.31. The molecule has 25 heavy (non-hydrogen) atoms. The summed E-state index contributed by atoms with van der Waals surface area (Å²) >= 11 is 0. The Labute approximate surface area is 140 Å². The maximum Gasteiger partial charge on any atom is 0.194 e. The normalized spacial score (nSPS) is 11.5. The molecule has 2 aromatic heterocycles. The predicted molar refractivity (Wildman–Crippen MR) is 84.8 cm³/mol. The lowest BCUT2D eigenvalue weighted by atomic mass is 10.1. The average Bonchev–Trinajstić information content (AvgIpc) is 2.87. The van der Waals surface area contributed by atoms with E-state index < -0.39 is 23.3 Å². The number of halogens is 4. The van der Waals surface area contributed by atoms with Gasteiger partial charge >= 0.3 is 0 Å². The van der Waals surface area contributed by atoms with Gasteiger partial charge in [-0.15, -0.1) is 0 Å². The van der Waals surface area contributed by atoms with Gasteiger partial charge in [0.2, 0.25) is 0 Å². The monoisotopic (exact) mass is 350 g/mol. The van der Waals surface area contributed by atoms with Crippen molar-refractivity contribution in [3.8, 4) is 11.1 Å². The van der Waals surface area contributed by atoms with Gasteiger partial charge in [0, 0.05) is 23.9 Å². The van der Waals surface area contributed by atoms with Crippen LogP contribution in [-0.4, -0.2) is 15.3 Å². The van der Waals surface area contributed by atoms with Gasteiger partial charge in [0.1, 0.15) is 5.52 Å². The maximum absolute atomic E-state index is 14.0. The first-order chi connectivity index (χ1) is 11.8. The minimum Gasteiger partial charge on any atom is -0.336 e. The molecule has 0 aliphatic rings. The Balaban J connectivity index is 2.12. The van der Waals surface area contributed by atoms with Crippen LogP contribution in [-0.2, 0) is 11.3 Å². The Hall–Kier alpha value is -2.70. The summed E-state index contributed by atoms with van der Waals surface area (Å²) in [7, 11) is 0. The highest BCUT2D eigenvalue weighted by Crippen LogP contribution is 2.27. The highest BCUT2D eigenvalue weighted by Gasteiger charge is 2.17. The van der Waals surface area contributed by atoms with Gasteiger partial charge in [-0.2, -0.15) is 0 Å². The number of Topliss-reactive ketones (excluding diaryl/α,β-unsaturated/α-hetero) is 1. The van der Waals surface area contributed by atoms with E-state index in [1.807, 2.05) is 0 Å². The number of ketones is 1. The summed E-state index contributed by atoms with van der Waals surface area (Å²) in [6.07, 6.45) is 2.40. The fourth-order valence-corrected chi connectivity index (χ4v) is 2.48. The van der Waals surface area contributed by atoms with Gasteiger partial charge in [-0.25, -0.2) is 17.6 Å². The molecule has 3 aromatic rings. The molecule has 2 heterocycles. The number of hydrogen-bond acceptors (Lipinski definition) is 2. The Morgan fingerprint density at radius 1 is 1.04 bits per heavy atom. The molecule has 0 radical (unpaired) electrons. The zero-order valence-electron chi connectivity index (χ0n) is 13.5. The van der Waals surface area contributed by atoms with Crippen molar-refractivity contribution in [2.75, 3.05) is 0 Å². The standard InChI is InChI=1S/C18H14F4N2O/c1-9(2)16(25)8-24-7-14(21)18-15(24)5-11(6-23-18)10-3-12(19)17(22)13(20)4-10/h3-7,9H,8H2,1-2H3. The summed E-state index contributed by atoms with van der Waals surface area (Å²) in [5.74, 6) is -5.14. The number of fused-ring (bicyclic) bond motifs is 1. The highest BCUT2D eigenvalue weighted by atomic mass is 19.2. The molecule has 0 atom stereocenters. The maximum atomic E-state index is 14.0. The van der Waals surface area contributed by atoms with E-state index in [2.05, 4.69) is 4.98 Å². The van der Waals surface area contributed by atoms with E-state index >= 15 is 0 Å². The van der Waals surface area contributed by atoms with E-state index in [4.69, 9.17) is 0 Å². The lowest BCUT2D eigenvalue weighted by Gasteiger charge is -2.08. The first-order valence-corrected chi connectivity index (χ1v) is 7.60. The van der Waals surface area contributed by atoms with Gasteiger partial charge < -0.3 is 4.57 Å². The van der Waals surface area contributed by atoms with Crippen LogP contribution < -0.4 is 0 Å². The molecule has 0 amide bonds. The third-order valence-electron chi connectivity index (χ3n) is 3.96. The Bertz CT molecular complexity index is 956. The highest BCUT2D eigenvalue weighted by molar-refractivity contribution is 5.85. The van der Waals surface area contributed by atoms with Gasteiger partial charge in [0.05, 0.1) is 12.1 Å². The number of carbonyl (C=O) groups excluding carboxylic acids is 1. The minimum absolute atomic E-state index is 0.0448. The molecule has 7 heteroatoms. The van der Waals surface area contributed by atoms with Crippen LogP contribution in [0, 0.1) is 29.2 Å². The summed E-state index contributed by atoms with van der Waals surface area (Å²) in [5, 5.41) is 0. The van der Waals surface area contributed by atoms with Crippen LogP contribution in [0.5, 0.6) is 0 Å². The number of pyridine rings is 1. The minimum atomic E-state index is -1.56. The number of carbonyl (C=O) groups is 1. The first kappa shape index (κ1) is 17.1. The molecule has 0 bridgehead atoms. The van der Waals surface area contributed by atoms with Crippen molar-refractivity contribution < 1.29 is 22.4 Å². The van der Waals surface area contributed by atoms with E-state index in [0.717, 1.165) is 18.3 Å². The summed E-state index contributed by atoms with van der Waals surface area (Å²) in [5.41, 5.74) is 0.702. The molecule has 1 aromatic carbocycles. The van der Waals surface area contributed by atoms with Gasteiger partial charge in [0.25, 0.3) is 0 Å². The third-order valence-corrected chi connectivity index (χ3v) is 3.96. The van der Waals surface area contributed by atoms with Crippen molar-refractivity contribution in [2.24, 2.45) is 5.92 Å². The predicted octanol–water partition coefficient (Wildman–Crippen LogP) is 4.48. The molecule has 0 aliphatic heterocycles. The van der Waals surface area contributed by atoms with Crippen molar-refractivity contribution in [3.63, 3.8) is 0 Å². The fraction of sp³-hybridized carbons (Fsp3) is 0.222. The van der Waals surface area contributed by atoms with Crippen LogP contribution in [0.2, 0.25) is 0 Å². The van der Waals surface area contributed by atoms with Crippen LogP contribution in [0.25, 0.3) is 22.2 Å². The number of rotatable bonds is 4. The van der Waals surface area contributed by atoms with Crippen molar-refractivity contribution in [2.45, 2.75) is 20.4 Å². The molecule has 0 aliphatic carbocycles. The van der Waals surface area contributed by atoms with Gasteiger partial charge in [-0.1, -0.05) is 13.8 Å². The van der Waals surface area contributed by atoms with Gasteiger partial charge in [-0.05, 0) is 23.8 Å². The largest absolute Gasteiger partial charge is 0.336 e. The van der Waals surface area contributed by atoms with Crippen LogP contribution in [0.3, 0.4) is 0 Å². The lowest BCUT2D eigenvalue weighted by molar-refractivity contribution is -0.122. The van der Waals surface area contributed by atoms with E-state index in [9.17, 15) is 22.4 Å². The number of nitrogens with zero attached hydrogens (tertiary/aromatic N) is 2. The molecule has 0 unspecified atom stereocenters. The summed E-state index contributed by atoms with van der Waals surface area (Å²) in [6, 6.07) is 3.14. The van der Waals surface area contributed by atoms with Crippen molar-refractivity contribution in [3.05, 3.63) is 53.9 Å². The molecule has 130 valence electrons. The van der Waals surface area contributed by atoms with Gasteiger partial charge in [-0.3, -0.25) is 9.78 Å². The third kappa shape index (κ3) is 3.14. The zero-order chi connectivity index (χ0) is 18.3. The Kier molecular flexibility index (Phi) is 4.32. The van der Waals surface area contributed by atoms with Crippen molar-refractivity contribution in [1.82, 2.24) is 9.55 Å². The summed E-state index contributed by atoms with van der Waals surface area (Å²) < 4.78 is 55.4. The second-order valence-corrected chi connectivity index (χ2v) is 6.07. The fourth-order valence-electron chi connectivity index (χ4n) is 2.48. The summed E-state index contributed by atoms with van der Waals surface area (Å²) in [6.45, 7) is 3.42. The topological polar surface area (TPSA) is 34.9 Å². The quantitative estimate of drug-likeness (QED) is 0.513. The van der Waals surface area contributed by atoms with Crippen LogP contribution in [0.15, 0.2) is 30.6 Å². The molecule has 0 fully saturated rings. The molecule has 0 spiro atoms. The Morgan fingerprint density at radius 2 is 1.68 bits per heavy atom. The average molecular weight is 350 g/mol. The molecule has 0 N–H and O–H groups in total. The van der Waals surface area contributed by atoms with Crippen LogP contribution in [0.1, 0.15) is 13.8 Å². The number of benzene rings is 1. The van der Waals surface area contributed by atoms with E-state index in [1.165, 1.54) is 16.8 Å².